The second kappa shape index (κ2) is 8.18. The van der Waals surface area contributed by atoms with Gasteiger partial charge in [0.05, 0.1) is 18.4 Å². The fraction of sp³-hybridized carbons (Fsp3) is 0.500. The van der Waals surface area contributed by atoms with Crippen molar-refractivity contribution in [2.24, 2.45) is 0 Å². The number of methoxy groups -OCH3 is 1. The van der Waals surface area contributed by atoms with Crippen LogP contribution in [0, 0.1) is 11.3 Å². The Kier molecular flexibility index (Phi) is 6.78. The van der Waals surface area contributed by atoms with E-state index in [0.717, 1.165) is 29.8 Å². The highest BCUT2D eigenvalue weighted by atomic mass is 79.9. The molecule has 0 atom stereocenters. The van der Waals surface area contributed by atoms with E-state index in [0.29, 0.717) is 13.0 Å². The molecule has 0 bridgehead atoms. The molecular weight excluding hydrogens is 282 g/mol. The maximum Gasteiger partial charge on any atom is 0.0635 e. The van der Waals surface area contributed by atoms with Crippen LogP contribution in [0.15, 0.2) is 22.8 Å². The molecule has 0 aliphatic carbocycles. The summed E-state index contributed by atoms with van der Waals surface area (Å²) in [5.41, 5.74) is 1.00. The normalized spacial score (nSPS) is 10.5. The number of nitriles is 1. The number of hydrogen-bond donors (Lipinski definition) is 0. The van der Waals surface area contributed by atoms with E-state index in [4.69, 9.17) is 10.00 Å². The minimum Gasteiger partial charge on any atom is -0.383 e. The molecule has 0 aliphatic rings. The fourth-order valence-corrected chi connectivity index (χ4v) is 1.66. The van der Waals surface area contributed by atoms with E-state index in [9.17, 15) is 0 Å². The molecule has 0 saturated heterocycles. The Labute approximate surface area is 110 Å². The Balaban J connectivity index is 2.52. The van der Waals surface area contributed by atoms with Gasteiger partial charge in [0.2, 0.25) is 0 Å². The predicted octanol–water partition coefficient (Wildman–Crippen LogP) is 2.21. The molecule has 1 aromatic heterocycles. The molecule has 0 radical (unpaired) electrons. The van der Waals surface area contributed by atoms with Crippen molar-refractivity contribution in [1.29, 1.82) is 5.26 Å². The average Bonchev–Trinajstić information content (AvgIpc) is 2.35. The summed E-state index contributed by atoms with van der Waals surface area (Å²) in [5, 5.41) is 8.61. The maximum atomic E-state index is 8.61. The molecule has 0 aromatic carbocycles. The van der Waals surface area contributed by atoms with Crippen LogP contribution >= 0.6 is 15.9 Å². The highest BCUT2D eigenvalue weighted by Crippen LogP contribution is 2.09. The van der Waals surface area contributed by atoms with Gasteiger partial charge in [0, 0.05) is 43.8 Å². The zero-order valence-electron chi connectivity index (χ0n) is 9.90. The first-order valence-electron chi connectivity index (χ1n) is 5.45. The van der Waals surface area contributed by atoms with Crippen LogP contribution in [0.5, 0.6) is 0 Å². The lowest BCUT2D eigenvalue weighted by Gasteiger charge is -2.20. The Bertz CT molecular complexity index is 361. The van der Waals surface area contributed by atoms with Gasteiger partial charge in [0.25, 0.3) is 0 Å². The van der Waals surface area contributed by atoms with Crippen LogP contribution in [0.3, 0.4) is 0 Å². The van der Waals surface area contributed by atoms with Crippen molar-refractivity contribution in [3.8, 4) is 6.07 Å². The Morgan fingerprint density at radius 1 is 1.47 bits per heavy atom. The van der Waals surface area contributed by atoms with Gasteiger partial charge in [-0.25, -0.2) is 0 Å². The van der Waals surface area contributed by atoms with E-state index in [1.807, 2.05) is 12.1 Å². The number of nitrogens with zero attached hydrogens (tertiary/aromatic N) is 3. The van der Waals surface area contributed by atoms with Gasteiger partial charge < -0.3 is 4.74 Å². The van der Waals surface area contributed by atoms with Crippen LogP contribution in [0.4, 0.5) is 0 Å². The molecule has 1 aromatic rings. The SMILES string of the molecule is COCCN(CCC#N)Cc1ccc(Br)cn1. The summed E-state index contributed by atoms with van der Waals surface area (Å²) in [6.45, 7) is 2.98. The summed E-state index contributed by atoms with van der Waals surface area (Å²) < 4.78 is 6.03. The van der Waals surface area contributed by atoms with Gasteiger partial charge in [-0.2, -0.15) is 5.26 Å². The van der Waals surface area contributed by atoms with E-state index in [2.05, 4.69) is 31.9 Å². The van der Waals surface area contributed by atoms with E-state index in [-0.39, 0.29) is 0 Å². The zero-order chi connectivity index (χ0) is 12.5. The molecule has 0 fully saturated rings. The summed E-state index contributed by atoms with van der Waals surface area (Å²) >= 11 is 3.36. The Morgan fingerprint density at radius 3 is 2.88 bits per heavy atom. The third-order valence-electron chi connectivity index (χ3n) is 2.33. The first-order valence-corrected chi connectivity index (χ1v) is 6.24. The van der Waals surface area contributed by atoms with Gasteiger partial charge in [0.15, 0.2) is 0 Å². The molecule has 0 unspecified atom stereocenters. The summed E-state index contributed by atoms with van der Waals surface area (Å²) in [5.74, 6) is 0. The van der Waals surface area contributed by atoms with Crippen LogP contribution in [0.25, 0.3) is 0 Å². The van der Waals surface area contributed by atoms with Crippen molar-refractivity contribution >= 4 is 15.9 Å². The molecule has 92 valence electrons. The highest BCUT2D eigenvalue weighted by Gasteiger charge is 2.06. The van der Waals surface area contributed by atoms with Crippen LogP contribution in [0.1, 0.15) is 12.1 Å². The number of pyridine rings is 1. The van der Waals surface area contributed by atoms with Gasteiger partial charge in [-0.05, 0) is 28.1 Å². The van der Waals surface area contributed by atoms with Crippen LogP contribution in [-0.4, -0.2) is 36.7 Å². The van der Waals surface area contributed by atoms with Gasteiger partial charge in [0.1, 0.15) is 0 Å². The topological polar surface area (TPSA) is 49.1 Å². The van der Waals surface area contributed by atoms with E-state index < -0.39 is 0 Å². The number of halogens is 1. The minimum absolute atomic E-state index is 0.528. The molecule has 1 rings (SSSR count). The lowest BCUT2D eigenvalue weighted by Crippen LogP contribution is -2.28. The number of rotatable bonds is 7. The monoisotopic (exact) mass is 297 g/mol. The summed E-state index contributed by atoms with van der Waals surface area (Å²) in [7, 11) is 1.68. The van der Waals surface area contributed by atoms with Gasteiger partial charge in [-0.3, -0.25) is 9.88 Å². The molecule has 0 N–H and O–H groups in total. The first kappa shape index (κ1) is 14.1. The molecule has 0 aliphatic heterocycles. The summed E-state index contributed by atoms with van der Waals surface area (Å²) in [6, 6.07) is 6.11. The van der Waals surface area contributed by atoms with E-state index >= 15 is 0 Å². The number of aromatic nitrogens is 1. The Morgan fingerprint density at radius 2 is 2.29 bits per heavy atom. The quantitative estimate of drug-likeness (QED) is 0.774. The van der Waals surface area contributed by atoms with Gasteiger partial charge in [-0.15, -0.1) is 0 Å². The minimum atomic E-state index is 0.528. The molecular formula is C12H16BrN3O. The maximum absolute atomic E-state index is 8.61. The third kappa shape index (κ3) is 5.78. The number of ether oxygens (including phenoxy) is 1. The third-order valence-corrected chi connectivity index (χ3v) is 2.79. The largest absolute Gasteiger partial charge is 0.383 e. The van der Waals surface area contributed by atoms with Gasteiger partial charge >= 0.3 is 0 Å². The summed E-state index contributed by atoms with van der Waals surface area (Å²) in [6.07, 6.45) is 2.31. The molecule has 0 spiro atoms. The Hall–Kier alpha value is -0.960. The van der Waals surface area contributed by atoms with Crippen molar-refractivity contribution in [2.45, 2.75) is 13.0 Å². The molecule has 17 heavy (non-hydrogen) atoms. The lowest BCUT2D eigenvalue weighted by atomic mass is 10.3. The molecule has 0 amide bonds. The van der Waals surface area contributed by atoms with E-state index in [1.165, 1.54) is 0 Å². The van der Waals surface area contributed by atoms with Crippen LogP contribution in [-0.2, 0) is 11.3 Å². The van der Waals surface area contributed by atoms with Crippen molar-refractivity contribution in [2.75, 3.05) is 26.8 Å². The molecule has 0 saturated carbocycles. The van der Waals surface area contributed by atoms with E-state index in [1.54, 1.807) is 13.3 Å². The van der Waals surface area contributed by atoms with Gasteiger partial charge in [-0.1, -0.05) is 0 Å². The second-order valence-corrected chi connectivity index (χ2v) is 4.56. The lowest BCUT2D eigenvalue weighted by molar-refractivity contribution is 0.144. The van der Waals surface area contributed by atoms with Crippen molar-refractivity contribution in [1.82, 2.24) is 9.88 Å². The van der Waals surface area contributed by atoms with Crippen molar-refractivity contribution in [3.05, 3.63) is 28.5 Å². The highest BCUT2D eigenvalue weighted by molar-refractivity contribution is 9.10. The van der Waals surface area contributed by atoms with Crippen LogP contribution in [0.2, 0.25) is 0 Å². The predicted molar refractivity (Wildman–Crippen MR) is 69.3 cm³/mol. The smallest absolute Gasteiger partial charge is 0.0635 e. The average molecular weight is 298 g/mol. The fourth-order valence-electron chi connectivity index (χ4n) is 1.43. The van der Waals surface area contributed by atoms with Crippen molar-refractivity contribution in [3.63, 3.8) is 0 Å². The molecule has 1 heterocycles. The molecule has 5 heteroatoms. The molecule has 4 nitrogen and oxygen atoms in total. The van der Waals surface area contributed by atoms with Crippen LogP contribution < -0.4 is 0 Å². The summed E-state index contributed by atoms with van der Waals surface area (Å²) in [4.78, 5) is 6.49. The van der Waals surface area contributed by atoms with Crippen molar-refractivity contribution < 1.29 is 4.74 Å². The zero-order valence-corrected chi connectivity index (χ0v) is 11.5. The first-order chi connectivity index (χ1) is 8.26. The number of hydrogen-bond acceptors (Lipinski definition) is 4. The standard InChI is InChI=1S/C12H16BrN3O/c1-17-8-7-16(6-2-5-14)10-12-4-3-11(13)9-15-12/h3-4,9H,2,6-8,10H2,1H3. The second-order valence-electron chi connectivity index (χ2n) is 3.64.